The zero-order valence-corrected chi connectivity index (χ0v) is 9.39. The Kier molecular flexibility index (Phi) is 6.96. The first kappa shape index (κ1) is 11.2. The summed E-state index contributed by atoms with van der Waals surface area (Å²) in [7, 11) is 0. The lowest BCUT2D eigenvalue weighted by Crippen LogP contribution is -2.01. The summed E-state index contributed by atoms with van der Waals surface area (Å²) >= 11 is 6.57. The van der Waals surface area contributed by atoms with Crippen LogP contribution in [0.4, 0.5) is 0 Å². The molecule has 1 atom stereocenters. The number of alkyl halides is 2. The molecule has 0 aromatic carbocycles. The number of carbonyl (C=O) groups is 1. The van der Waals surface area contributed by atoms with E-state index in [1.54, 1.807) is 13.0 Å². The van der Waals surface area contributed by atoms with E-state index in [1.807, 2.05) is 0 Å². The highest BCUT2D eigenvalue weighted by Crippen LogP contribution is 2.04. The molecule has 0 rings (SSSR count). The highest BCUT2D eigenvalue weighted by molar-refractivity contribution is 9.12. The number of rotatable bonds is 4. The van der Waals surface area contributed by atoms with Crippen molar-refractivity contribution in [1.29, 1.82) is 0 Å². The first-order chi connectivity index (χ1) is 5.20. The summed E-state index contributed by atoms with van der Waals surface area (Å²) in [5.74, 6) is -0.294. The van der Waals surface area contributed by atoms with E-state index in [-0.39, 0.29) is 10.8 Å². The molecule has 0 aliphatic heterocycles. The van der Waals surface area contributed by atoms with Crippen molar-refractivity contribution in [3.05, 3.63) is 12.2 Å². The summed E-state index contributed by atoms with van der Waals surface area (Å²) in [5.41, 5.74) is 0. The molecular weight excluding hydrogens is 276 g/mol. The van der Waals surface area contributed by atoms with Gasteiger partial charge in [-0.1, -0.05) is 37.9 Å². The Hall–Kier alpha value is 0.170. The van der Waals surface area contributed by atoms with E-state index in [1.165, 1.54) is 6.08 Å². The monoisotopic (exact) mass is 284 g/mol. The van der Waals surface area contributed by atoms with Gasteiger partial charge in [0, 0.05) is 16.2 Å². The van der Waals surface area contributed by atoms with E-state index in [9.17, 15) is 4.79 Å². The van der Waals surface area contributed by atoms with Crippen LogP contribution in [-0.4, -0.2) is 22.7 Å². The normalized spacial score (nSPS) is 13.4. The molecule has 0 saturated heterocycles. The van der Waals surface area contributed by atoms with Gasteiger partial charge in [-0.25, -0.2) is 4.79 Å². The van der Waals surface area contributed by atoms with Crippen molar-refractivity contribution in [1.82, 2.24) is 0 Å². The van der Waals surface area contributed by atoms with Crippen LogP contribution in [0.5, 0.6) is 0 Å². The number of esters is 1. The molecule has 64 valence electrons. The molecule has 0 aliphatic carbocycles. The number of carbonyl (C=O) groups excluding carboxylic acids is 1. The Morgan fingerprint density at radius 2 is 2.36 bits per heavy atom. The van der Waals surface area contributed by atoms with Crippen molar-refractivity contribution >= 4 is 37.8 Å². The van der Waals surface area contributed by atoms with Crippen molar-refractivity contribution in [3.63, 3.8) is 0 Å². The van der Waals surface area contributed by atoms with E-state index in [2.05, 4.69) is 36.6 Å². The zero-order chi connectivity index (χ0) is 8.69. The molecule has 0 heterocycles. The van der Waals surface area contributed by atoms with Gasteiger partial charge in [-0.15, -0.1) is 0 Å². The highest BCUT2D eigenvalue weighted by Gasteiger charge is 1.97. The molecule has 0 bridgehead atoms. The molecular formula is C7H10Br2O2. The summed E-state index contributed by atoms with van der Waals surface area (Å²) in [4.78, 5) is 10.9. The minimum Gasteiger partial charge on any atom is -0.463 e. The average Bonchev–Trinajstić information content (AvgIpc) is 2.01. The summed E-state index contributed by atoms with van der Waals surface area (Å²) < 4.78 is 4.67. The molecule has 0 fully saturated rings. The van der Waals surface area contributed by atoms with Gasteiger partial charge in [0.05, 0.1) is 6.61 Å². The molecule has 0 radical (unpaired) electrons. The fraction of sp³-hybridized carbons (Fsp3) is 0.571. The summed E-state index contributed by atoms with van der Waals surface area (Å²) in [5, 5.41) is 0.781. The van der Waals surface area contributed by atoms with Crippen LogP contribution in [0.2, 0.25) is 0 Å². The first-order valence-corrected chi connectivity index (χ1v) is 5.29. The van der Waals surface area contributed by atoms with Crippen LogP contribution in [-0.2, 0) is 9.53 Å². The molecule has 0 aromatic heterocycles. The number of hydrogen-bond acceptors (Lipinski definition) is 2. The molecule has 2 nitrogen and oxygen atoms in total. The third-order valence-corrected chi connectivity index (χ3v) is 3.07. The van der Waals surface area contributed by atoms with Crippen LogP contribution in [0.15, 0.2) is 12.2 Å². The predicted molar refractivity (Wildman–Crippen MR) is 52.3 cm³/mol. The van der Waals surface area contributed by atoms with Gasteiger partial charge in [0.25, 0.3) is 0 Å². The molecule has 0 spiro atoms. The number of allylic oxidation sites excluding steroid dienone is 1. The largest absolute Gasteiger partial charge is 0.463 e. The Balaban J connectivity index is 3.63. The van der Waals surface area contributed by atoms with Crippen LogP contribution >= 0.6 is 31.9 Å². The maximum Gasteiger partial charge on any atom is 0.330 e. The Morgan fingerprint density at radius 3 is 2.82 bits per heavy atom. The molecule has 0 aliphatic rings. The van der Waals surface area contributed by atoms with Crippen molar-refractivity contribution in [2.24, 2.45) is 0 Å². The average molecular weight is 286 g/mol. The van der Waals surface area contributed by atoms with Crippen molar-refractivity contribution in [2.75, 3.05) is 11.9 Å². The van der Waals surface area contributed by atoms with Crippen molar-refractivity contribution in [2.45, 2.75) is 11.8 Å². The maximum absolute atomic E-state index is 10.7. The van der Waals surface area contributed by atoms with Crippen LogP contribution in [0, 0.1) is 0 Å². The van der Waals surface area contributed by atoms with Crippen LogP contribution in [0.25, 0.3) is 0 Å². The van der Waals surface area contributed by atoms with E-state index in [4.69, 9.17) is 0 Å². The lowest BCUT2D eigenvalue weighted by Gasteiger charge is -1.97. The van der Waals surface area contributed by atoms with Gasteiger partial charge >= 0.3 is 5.97 Å². The lowest BCUT2D eigenvalue weighted by atomic mass is 10.4. The summed E-state index contributed by atoms with van der Waals surface area (Å²) in [6, 6.07) is 0. The number of hydrogen-bond donors (Lipinski definition) is 0. The van der Waals surface area contributed by atoms with Gasteiger partial charge < -0.3 is 4.74 Å². The van der Waals surface area contributed by atoms with Gasteiger partial charge in [0.15, 0.2) is 0 Å². The van der Waals surface area contributed by atoms with E-state index >= 15 is 0 Å². The Bertz CT molecular complexity index is 145. The highest BCUT2D eigenvalue weighted by atomic mass is 79.9. The number of ether oxygens (including phenoxy) is 1. The number of halogens is 2. The maximum atomic E-state index is 10.7. The molecule has 0 saturated carbocycles. The smallest absolute Gasteiger partial charge is 0.330 e. The lowest BCUT2D eigenvalue weighted by molar-refractivity contribution is -0.137. The minimum atomic E-state index is -0.294. The molecule has 11 heavy (non-hydrogen) atoms. The van der Waals surface area contributed by atoms with Gasteiger partial charge in [-0.3, -0.25) is 0 Å². The van der Waals surface area contributed by atoms with Crippen LogP contribution in [0.1, 0.15) is 6.92 Å². The van der Waals surface area contributed by atoms with Crippen LogP contribution in [0.3, 0.4) is 0 Å². The second kappa shape index (κ2) is 6.85. The summed E-state index contributed by atoms with van der Waals surface area (Å²) in [6.07, 6.45) is 3.16. The molecule has 0 amide bonds. The Morgan fingerprint density at radius 1 is 1.73 bits per heavy atom. The van der Waals surface area contributed by atoms with E-state index < -0.39 is 0 Å². The van der Waals surface area contributed by atoms with E-state index in [0.717, 1.165) is 5.33 Å². The van der Waals surface area contributed by atoms with Gasteiger partial charge in [0.1, 0.15) is 0 Å². The summed E-state index contributed by atoms with van der Waals surface area (Å²) in [6.45, 7) is 2.20. The minimum absolute atomic E-state index is 0.187. The fourth-order valence-corrected chi connectivity index (χ4v) is 0.793. The Labute approximate surface area is 83.2 Å². The molecule has 4 heteroatoms. The van der Waals surface area contributed by atoms with Crippen molar-refractivity contribution < 1.29 is 9.53 Å². The second-order valence-electron chi connectivity index (χ2n) is 1.78. The first-order valence-electron chi connectivity index (χ1n) is 3.25. The van der Waals surface area contributed by atoms with Gasteiger partial charge in [-0.2, -0.15) is 0 Å². The zero-order valence-electron chi connectivity index (χ0n) is 6.22. The second-order valence-corrected chi connectivity index (χ2v) is 3.61. The van der Waals surface area contributed by atoms with Gasteiger partial charge in [0.2, 0.25) is 0 Å². The molecule has 0 N–H and O–H groups in total. The fourth-order valence-electron chi connectivity index (χ4n) is 0.425. The van der Waals surface area contributed by atoms with Gasteiger partial charge in [-0.05, 0) is 6.92 Å². The topological polar surface area (TPSA) is 26.3 Å². The molecule has 0 aromatic rings. The standard InChI is InChI=1S/C7H10Br2O2/c1-2-11-7(10)4-3-6(9)5-8/h3-4,6H,2,5H2,1H3/b4-3+. The predicted octanol–water partition coefficient (Wildman–Crippen LogP) is 2.26. The van der Waals surface area contributed by atoms with Crippen molar-refractivity contribution in [3.8, 4) is 0 Å². The quantitative estimate of drug-likeness (QED) is 0.450. The third-order valence-electron chi connectivity index (χ3n) is 0.875. The van der Waals surface area contributed by atoms with E-state index in [0.29, 0.717) is 6.61 Å². The molecule has 1 unspecified atom stereocenters. The SMILES string of the molecule is CCOC(=O)/C=C/C(Br)CBr. The third kappa shape index (κ3) is 6.56. The van der Waals surface area contributed by atoms with Crippen LogP contribution < -0.4 is 0 Å².